The minimum atomic E-state index is -0.505. The fourth-order valence-corrected chi connectivity index (χ4v) is 2.98. The summed E-state index contributed by atoms with van der Waals surface area (Å²) in [5, 5.41) is 13.8. The second kappa shape index (κ2) is 7.35. The Morgan fingerprint density at radius 3 is 2.73 bits per heavy atom. The molecule has 2 amide bonds. The van der Waals surface area contributed by atoms with E-state index in [-0.39, 0.29) is 17.2 Å². The third kappa shape index (κ3) is 3.72. The molecule has 3 rings (SSSR count). The molecule has 1 saturated heterocycles. The van der Waals surface area contributed by atoms with Crippen LogP contribution in [0.5, 0.6) is 0 Å². The number of rotatable bonds is 4. The van der Waals surface area contributed by atoms with Gasteiger partial charge in [0.1, 0.15) is 0 Å². The number of hydrogen-bond donors (Lipinski definition) is 1. The number of aryl methyl sites for hydroxylation is 1. The van der Waals surface area contributed by atoms with Crippen molar-refractivity contribution in [2.45, 2.75) is 26.2 Å². The molecule has 1 aliphatic rings. The molecule has 0 spiro atoms. The Hall–Kier alpha value is -3.22. The van der Waals surface area contributed by atoms with Crippen LogP contribution in [-0.4, -0.2) is 23.3 Å². The van der Waals surface area contributed by atoms with Crippen molar-refractivity contribution in [2.24, 2.45) is 0 Å². The van der Waals surface area contributed by atoms with Crippen LogP contribution in [-0.2, 0) is 4.79 Å². The second-order valence-corrected chi connectivity index (χ2v) is 6.27. The van der Waals surface area contributed by atoms with Crippen LogP contribution in [0.4, 0.5) is 17.1 Å². The highest BCUT2D eigenvalue weighted by atomic mass is 16.6. The summed E-state index contributed by atoms with van der Waals surface area (Å²) in [5.74, 6) is -0.357. The van der Waals surface area contributed by atoms with Crippen LogP contribution >= 0.6 is 0 Å². The van der Waals surface area contributed by atoms with Crippen molar-refractivity contribution in [3.8, 4) is 0 Å². The van der Waals surface area contributed by atoms with E-state index in [2.05, 4.69) is 5.32 Å². The zero-order chi connectivity index (χ0) is 18.7. The smallest absolute Gasteiger partial charge is 0.273 e. The predicted octanol–water partition coefficient (Wildman–Crippen LogP) is 3.67. The average Bonchev–Trinajstić information content (AvgIpc) is 2.62. The summed E-state index contributed by atoms with van der Waals surface area (Å²) in [6, 6.07) is 11.4. The first-order valence-electron chi connectivity index (χ1n) is 8.42. The summed E-state index contributed by atoms with van der Waals surface area (Å²) in [6.45, 7) is 2.29. The molecule has 2 aromatic carbocycles. The predicted molar refractivity (Wildman–Crippen MR) is 98.4 cm³/mol. The largest absolute Gasteiger partial charge is 0.322 e. The van der Waals surface area contributed by atoms with Crippen LogP contribution in [0.1, 0.15) is 35.2 Å². The maximum Gasteiger partial charge on any atom is 0.273 e. The second-order valence-electron chi connectivity index (χ2n) is 6.27. The number of carbonyl (C=O) groups excluding carboxylic acids is 2. The molecule has 1 aliphatic heterocycles. The SMILES string of the molecule is Cc1ccc(C(=O)Nc2cccc(N3CCCCC3=O)c2)cc1[N+](=O)[O-]. The van der Waals surface area contributed by atoms with Crippen LogP contribution in [0.25, 0.3) is 0 Å². The van der Waals surface area contributed by atoms with Gasteiger partial charge in [0.2, 0.25) is 5.91 Å². The molecule has 0 bridgehead atoms. The van der Waals surface area contributed by atoms with E-state index in [4.69, 9.17) is 0 Å². The van der Waals surface area contributed by atoms with Gasteiger partial charge in [0.05, 0.1) is 4.92 Å². The minimum absolute atomic E-state index is 0.0777. The molecule has 134 valence electrons. The van der Waals surface area contributed by atoms with E-state index in [0.29, 0.717) is 24.2 Å². The molecule has 7 nitrogen and oxygen atoms in total. The molecule has 26 heavy (non-hydrogen) atoms. The lowest BCUT2D eigenvalue weighted by Crippen LogP contribution is -2.35. The topological polar surface area (TPSA) is 92.6 Å². The van der Waals surface area contributed by atoms with Crippen LogP contribution in [0.3, 0.4) is 0 Å². The number of nitrogens with one attached hydrogen (secondary N) is 1. The Morgan fingerprint density at radius 1 is 1.19 bits per heavy atom. The number of carbonyl (C=O) groups is 2. The summed E-state index contributed by atoms with van der Waals surface area (Å²) in [4.78, 5) is 36.8. The molecular formula is C19H19N3O4. The molecule has 1 heterocycles. The number of piperidine rings is 1. The van der Waals surface area contributed by atoms with Crippen molar-refractivity contribution in [1.29, 1.82) is 0 Å². The third-order valence-electron chi connectivity index (χ3n) is 4.41. The summed E-state index contributed by atoms with van der Waals surface area (Å²) >= 11 is 0. The first-order chi connectivity index (χ1) is 12.5. The Kier molecular flexibility index (Phi) is 4.97. The Morgan fingerprint density at radius 2 is 2.00 bits per heavy atom. The fourth-order valence-electron chi connectivity index (χ4n) is 2.98. The van der Waals surface area contributed by atoms with Gasteiger partial charge in [-0.25, -0.2) is 0 Å². The molecular weight excluding hydrogens is 334 g/mol. The van der Waals surface area contributed by atoms with Gasteiger partial charge in [-0.3, -0.25) is 19.7 Å². The van der Waals surface area contributed by atoms with Crippen molar-refractivity contribution in [3.63, 3.8) is 0 Å². The van der Waals surface area contributed by atoms with Crippen molar-refractivity contribution < 1.29 is 14.5 Å². The van der Waals surface area contributed by atoms with Crippen molar-refractivity contribution >= 4 is 28.9 Å². The monoisotopic (exact) mass is 353 g/mol. The molecule has 0 radical (unpaired) electrons. The third-order valence-corrected chi connectivity index (χ3v) is 4.41. The quantitative estimate of drug-likeness (QED) is 0.670. The summed E-state index contributed by atoms with van der Waals surface area (Å²) < 4.78 is 0. The van der Waals surface area contributed by atoms with Gasteiger partial charge in [-0.15, -0.1) is 0 Å². The van der Waals surface area contributed by atoms with E-state index in [9.17, 15) is 19.7 Å². The zero-order valence-electron chi connectivity index (χ0n) is 14.4. The highest BCUT2D eigenvalue weighted by Gasteiger charge is 2.20. The molecule has 0 aliphatic carbocycles. The lowest BCUT2D eigenvalue weighted by molar-refractivity contribution is -0.385. The minimum Gasteiger partial charge on any atom is -0.322 e. The van der Waals surface area contributed by atoms with Gasteiger partial charge >= 0.3 is 0 Å². The summed E-state index contributed by atoms with van der Waals surface area (Å²) in [5.41, 5.74) is 1.89. The number of amides is 2. The van der Waals surface area contributed by atoms with Gasteiger partial charge in [0.15, 0.2) is 0 Å². The molecule has 2 aromatic rings. The Bertz CT molecular complexity index is 879. The van der Waals surface area contributed by atoms with E-state index in [1.807, 2.05) is 6.07 Å². The van der Waals surface area contributed by atoms with E-state index < -0.39 is 10.8 Å². The fraction of sp³-hybridized carbons (Fsp3) is 0.263. The Labute approximate surface area is 150 Å². The molecule has 0 saturated carbocycles. The van der Waals surface area contributed by atoms with Crippen molar-refractivity contribution in [3.05, 3.63) is 63.7 Å². The molecule has 7 heteroatoms. The van der Waals surface area contributed by atoms with E-state index in [1.165, 1.54) is 6.07 Å². The van der Waals surface area contributed by atoms with Gasteiger partial charge in [-0.05, 0) is 44.0 Å². The van der Waals surface area contributed by atoms with Crippen molar-refractivity contribution in [1.82, 2.24) is 0 Å². The number of anilines is 2. The number of hydrogen-bond acceptors (Lipinski definition) is 4. The summed E-state index contributed by atoms with van der Waals surface area (Å²) in [6.07, 6.45) is 2.39. The number of nitrogens with zero attached hydrogens (tertiary/aromatic N) is 2. The first kappa shape index (κ1) is 17.6. The van der Waals surface area contributed by atoms with Crippen LogP contribution < -0.4 is 10.2 Å². The van der Waals surface area contributed by atoms with Crippen LogP contribution in [0.15, 0.2) is 42.5 Å². The van der Waals surface area contributed by atoms with Gasteiger partial charge in [-0.1, -0.05) is 12.1 Å². The lowest BCUT2D eigenvalue weighted by Gasteiger charge is -2.27. The van der Waals surface area contributed by atoms with Gasteiger partial charge in [0.25, 0.3) is 11.6 Å². The molecule has 1 fully saturated rings. The maximum atomic E-state index is 12.4. The summed E-state index contributed by atoms with van der Waals surface area (Å²) in [7, 11) is 0. The van der Waals surface area contributed by atoms with Gasteiger partial charge in [-0.2, -0.15) is 0 Å². The van der Waals surface area contributed by atoms with Gasteiger partial charge < -0.3 is 10.2 Å². The lowest BCUT2D eigenvalue weighted by atomic mass is 10.1. The molecule has 0 atom stereocenters. The van der Waals surface area contributed by atoms with Crippen LogP contribution in [0.2, 0.25) is 0 Å². The highest BCUT2D eigenvalue weighted by Crippen LogP contribution is 2.25. The van der Waals surface area contributed by atoms with E-state index >= 15 is 0 Å². The number of nitro groups is 1. The molecule has 0 aromatic heterocycles. The zero-order valence-corrected chi connectivity index (χ0v) is 14.4. The van der Waals surface area contributed by atoms with E-state index in [0.717, 1.165) is 18.5 Å². The Balaban J connectivity index is 1.80. The number of nitro benzene ring substituents is 1. The maximum absolute atomic E-state index is 12.4. The van der Waals surface area contributed by atoms with Crippen LogP contribution in [0, 0.1) is 17.0 Å². The standard InChI is InChI=1S/C19H19N3O4/c1-13-8-9-14(11-17(13)22(25)26)19(24)20-15-5-4-6-16(12-15)21-10-3-2-7-18(21)23/h4-6,8-9,11-12H,2-3,7,10H2,1H3,(H,20,24). The highest BCUT2D eigenvalue weighted by molar-refractivity contribution is 6.05. The molecule has 0 unspecified atom stereocenters. The molecule has 1 N–H and O–H groups in total. The number of benzene rings is 2. The van der Waals surface area contributed by atoms with E-state index in [1.54, 1.807) is 42.2 Å². The van der Waals surface area contributed by atoms with Gasteiger partial charge in [0, 0.05) is 41.5 Å². The van der Waals surface area contributed by atoms with Crippen molar-refractivity contribution in [2.75, 3.05) is 16.8 Å². The normalized spacial score (nSPS) is 14.2. The first-order valence-corrected chi connectivity index (χ1v) is 8.42. The average molecular weight is 353 g/mol.